The predicted octanol–water partition coefficient (Wildman–Crippen LogP) is 1.50. The maximum absolute atomic E-state index is 5.62. The highest BCUT2D eigenvalue weighted by Gasteiger charge is 2.21. The molecule has 84 valence electrons. The molecule has 15 heavy (non-hydrogen) atoms. The molecule has 1 aromatic rings. The van der Waals surface area contributed by atoms with Crippen LogP contribution in [-0.2, 0) is 7.05 Å². The van der Waals surface area contributed by atoms with E-state index in [2.05, 4.69) is 10.5 Å². The summed E-state index contributed by atoms with van der Waals surface area (Å²) in [5, 5.41) is 4.18. The third kappa shape index (κ3) is 2.38. The molecule has 0 spiro atoms. The standard InChI is InChI=1S/C11H20N4/c1-15-11(6-7-13-15)10(14-12)8-9-4-2-3-5-9/h6-7,9-10,14H,2-5,8,12H2,1H3. The van der Waals surface area contributed by atoms with Gasteiger partial charge in [0.05, 0.1) is 11.7 Å². The van der Waals surface area contributed by atoms with Crippen LogP contribution >= 0.6 is 0 Å². The lowest BCUT2D eigenvalue weighted by Crippen LogP contribution is -2.30. The number of aryl methyl sites for hydroxylation is 1. The van der Waals surface area contributed by atoms with Crippen LogP contribution in [0.3, 0.4) is 0 Å². The first kappa shape index (κ1) is 10.6. The SMILES string of the molecule is Cn1nccc1C(CC1CCCC1)NN. The van der Waals surface area contributed by atoms with Crippen molar-refractivity contribution in [2.75, 3.05) is 0 Å². The van der Waals surface area contributed by atoms with Crippen molar-refractivity contribution in [2.45, 2.75) is 38.1 Å². The van der Waals surface area contributed by atoms with E-state index in [1.54, 1.807) is 0 Å². The van der Waals surface area contributed by atoms with Gasteiger partial charge in [-0.05, 0) is 18.4 Å². The van der Waals surface area contributed by atoms with E-state index in [-0.39, 0.29) is 6.04 Å². The molecule has 1 saturated carbocycles. The van der Waals surface area contributed by atoms with E-state index in [1.807, 2.05) is 24.0 Å². The highest BCUT2D eigenvalue weighted by molar-refractivity contribution is 5.06. The van der Waals surface area contributed by atoms with E-state index in [1.165, 1.54) is 31.4 Å². The fourth-order valence-corrected chi connectivity index (χ4v) is 2.58. The fourth-order valence-electron chi connectivity index (χ4n) is 2.58. The average Bonchev–Trinajstić information content (AvgIpc) is 2.85. The Morgan fingerprint density at radius 1 is 1.60 bits per heavy atom. The van der Waals surface area contributed by atoms with E-state index >= 15 is 0 Å². The summed E-state index contributed by atoms with van der Waals surface area (Å²) in [5.41, 5.74) is 4.10. The molecule has 1 aromatic heterocycles. The van der Waals surface area contributed by atoms with Gasteiger partial charge < -0.3 is 0 Å². The number of aromatic nitrogens is 2. The summed E-state index contributed by atoms with van der Waals surface area (Å²) in [6, 6.07) is 2.29. The van der Waals surface area contributed by atoms with E-state index in [0.29, 0.717) is 0 Å². The summed E-state index contributed by atoms with van der Waals surface area (Å²) in [6.45, 7) is 0. The normalized spacial score (nSPS) is 19.6. The minimum Gasteiger partial charge on any atom is -0.271 e. The smallest absolute Gasteiger partial charge is 0.0631 e. The number of nitrogens with zero attached hydrogens (tertiary/aromatic N) is 2. The van der Waals surface area contributed by atoms with Crippen LogP contribution in [0.5, 0.6) is 0 Å². The number of rotatable bonds is 4. The van der Waals surface area contributed by atoms with Crippen LogP contribution in [0.15, 0.2) is 12.3 Å². The summed E-state index contributed by atoms with van der Waals surface area (Å²) in [6.07, 6.45) is 8.44. The predicted molar refractivity (Wildman–Crippen MR) is 59.8 cm³/mol. The summed E-state index contributed by atoms with van der Waals surface area (Å²) in [4.78, 5) is 0. The maximum Gasteiger partial charge on any atom is 0.0631 e. The van der Waals surface area contributed by atoms with Crippen molar-refractivity contribution in [3.8, 4) is 0 Å². The van der Waals surface area contributed by atoms with Gasteiger partial charge in [-0.25, -0.2) is 0 Å². The first-order chi connectivity index (χ1) is 7.31. The molecule has 3 N–H and O–H groups in total. The van der Waals surface area contributed by atoms with Gasteiger partial charge in [-0.15, -0.1) is 0 Å². The molecule has 0 aromatic carbocycles. The molecule has 4 nitrogen and oxygen atoms in total. The Hall–Kier alpha value is -0.870. The fraction of sp³-hybridized carbons (Fsp3) is 0.727. The van der Waals surface area contributed by atoms with Crippen LogP contribution < -0.4 is 11.3 Å². The molecule has 0 amide bonds. The molecular weight excluding hydrogens is 188 g/mol. The minimum absolute atomic E-state index is 0.251. The Balaban J connectivity index is 2.00. The lowest BCUT2D eigenvalue weighted by Gasteiger charge is -2.19. The molecule has 1 atom stereocenters. The van der Waals surface area contributed by atoms with Gasteiger partial charge in [0.2, 0.25) is 0 Å². The molecule has 4 heteroatoms. The van der Waals surface area contributed by atoms with Crippen molar-refractivity contribution in [3.63, 3.8) is 0 Å². The molecule has 1 aliphatic carbocycles. The van der Waals surface area contributed by atoms with Crippen molar-refractivity contribution in [2.24, 2.45) is 18.8 Å². The summed E-state index contributed by atoms with van der Waals surface area (Å²) < 4.78 is 1.90. The molecule has 1 aliphatic rings. The Labute approximate surface area is 90.8 Å². The monoisotopic (exact) mass is 208 g/mol. The Kier molecular flexibility index (Phi) is 3.38. The molecule has 2 rings (SSSR count). The van der Waals surface area contributed by atoms with Gasteiger partial charge in [0, 0.05) is 13.2 Å². The molecule has 1 heterocycles. The van der Waals surface area contributed by atoms with Gasteiger partial charge >= 0.3 is 0 Å². The molecular formula is C11H20N4. The van der Waals surface area contributed by atoms with Gasteiger partial charge in [0.15, 0.2) is 0 Å². The van der Waals surface area contributed by atoms with Crippen molar-refractivity contribution < 1.29 is 0 Å². The lowest BCUT2D eigenvalue weighted by molar-refractivity contribution is 0.385. The number of hydrogen-bond acceptors (Lipinski definition) is 3. The second-order valence-corrected chi connectivity index (χ2v) is 4.49. The van der Waals surface area contributed by atoms with Crippen LogP contribution in [0.4, 0.5) is 0 Å². The number of hydrogen-bond donors (Lipinski definition) is 2. The molecule has 1 fully saturated rings. The van der Waals surface area contributed by atoms with E-state index in [0.717, 1.165) is 12.3 Å². The zero-order chi connectivity index (χ0) is 10.7. The molecule has 0 radical (unpaired) electrons. The molecule has 0 bridgehead atoms. The van der Waals surface area contributed by atoms with E-state index in [4.69, 9.17) is 5.84 Å². The van der Waals surface area contributed by atoms with Gasteiger partial charge in [-0.1, -0.05) is 25.7 Å². The van der Waals surface area contributed by atoms with Crippen molar-refractivity contribution in [1.82, 2.24) is 15.2 Å². The Bertz CT molecular complexity index is 301. The van der Waals surface area contributed by atoms with E-state index < -0.39 is 0 Å². The van der Waals surface area contributed by atoms with Crippen molar-refractivity contribution in [1.29, 1.82) is 0 Å². The number of nitrogens with two attached hydrogens (primary N) is 1. The van der Waals surface area contributed by atoms with E-state index in [9.17, 15) is 0 Å². The second kappa shape index (κ2) is 4.77. The van der Waals surface area contributed by atoms with Gasteiger partial charge in [-0.3, -0.25) is 16.0 Å². The Morgan fingerprint density at radius 3 is 2.87 bits per heavy atom. The van der Waals surface area contributed by atoms with Gasteiger partial charge in [0.25, 0.3) is 0 Å². The van der Waals surface area contributed by atoms with Gasteiger partial charge in [-0.2, -0.15) is 5.10 Å². The number of hydrazine groups is 1. The first-order valence-electron chi connectivity index (χ1n) is 5.75. The van der Waals surface area contributed by atoms with Crippen molar-refractivity contribution >= 4 is 0 Å². The van der Waals surface area contributed by atoms with Crippen LogP contribution in [-0.4, -0.2) is 9.78 Å². The van der Waals surface area contributed by atoms with Crippen molar-refractivity contribution in [3.05, 3.63) is 18.0 Å². The topological polar surface area (TPSA) is 55.9 Å². The lowest BCUT2D eigenvalue weighted by atomic mass is 9.97. The number of nitrogens with one attached hydrogen (secondary N) is 1. The van der Waals surface area contributed by atoms with Gasteiger partial charge in [0.1, 0.15) is 0 Å². The highest BCUT2D eigenvalue weighted by Crippen LogP contribution is 2.32. The largest absolute Gasteiger partial charge is 0.271 e. The molecule has 0 saturated heterocycles. The third-order valence-electron chi connectivity index (χ3n) is 3.46. The zero-order valence-corrected chi connectivity index (χ0v) is 9.32. The molecule has 1 unspecified atom stereocenters. The maximum atomic E-state index is 5.62. The zero-order valence-electron chi connectivity index (χ0n) is 9.32. The second-order valence-electron chi connectivity index (χ2n) is 4.49. The first-order valence-corrected chi connectivity index (χ1v) is 5.75. The molecule has 0 aliphatic heterocycles. The summed E-state index contributed by atoms with van der Waals surface area (Å²) >= 11 is 0. The van der Waals surface area contributed by atoms with Crippen LogP contribution in [0.25, 0.3) is 0 Å². The van der Waals surface area contributed by atoms with Crippen LogP contribution in [0, 0.1) is 5.92 Å². The van der Waals surface area contributed by atoms with Crippen LogP contribution in [0.1, 0.15) is 43.8 Å². The average molecular weight is 208 g/mol. The quantitative estimate of drug-likeness (QED) is 0.582. The third-order valence-corrected chi connectivity index (χ3v) is 3.46. The summed E-state index contributed by atoms with van der Waals surface area (Å²) in [5.74, 6) is 6.45. The highest BCUT2D eigenvalue weighted by atomic mass is 15.3. The van der Waals surface area contributed by atoms with Crippen LogP contribution in [0.2, 0.25) is 0 Å². The Morgan fingerprint density at radius 2 is 2.33 bits per heavy atom. The summed E-state index contributed by atoms with van der Waals surface area (Å²) in [7, 11) is 1.97. The minimum atomic E-state index is 0.251.